The summed E-state index contributed by atoms with van der Waals surface area (Å²) in [7, 11) is 0. The highest BCUT2D eigenvalue weighted by Crippen LogP contribution is 2.09. The van der Waals surface area contributed by atoms with E-state index in [0.717, 1.165) is 6.42 Å². The number of carboxylic acids is 1. The van der Waals surface area contributed by atoms with E-state index in [9.17, 15) is 14.4 Å². The molecule has 21 heavy (non-hydrogen) atoms. The monoisotopic (exact) mass is 293 g/mol. The molecule has 1 rings (SSSR count). The lowest BCUT2D eigenvalue weighted by molar-refractivity contribution is -0.136. The van der Waals surface area contributed by atoms with Gasteiger partial charge in [-0.05, 0) is 30.7 Å². The van der Waals surface area contributed by atoms with E-state index in [4.69, 9.17) is 5.11 Å². The van der Waals surface area contributed by atoms with Crippen molar-refractivity contribution in [2.24, 2.45) is 0 Å². The predicted molar refractivity (Wildman–Crippen MR) is 78.3 cm³/mol. The molecular formula is C14H19N3O4. The molecule has 0 fully saturated rings. The number of benzene rings is 1. The molecular weight excluding hydrogens is 274 g/mol. The molecule has 0 saturated heterocycles. The molecule has 7 nitrogen and oxygen atoms in total. The van der Waals surface area contributed by atoms with Crippen LogP contribution < -0.4 is 16.0 Å². The SMILES string of the molecule is CCCNC(=O)c1ccc(NC(=O)NCCC(=O)O)cc1. The van der Waals surface area contributed by atoms with E-state index in [1.165, 1.54) is 0 Å². The molecule has 7 heteroatoms. The van der Waals surface area contributed by atoms with Gasteiger partial charge in [-0.2, -0.15) is 0 Å². The van der Waals surface area contributed by atoms with Crippen LogP contribution in [0.2, 0.25) is 0 Å². The molecule has 1 aromatic carbocycles. The largest absolute Gasteiger partial charge is 0.481 e. The van der Waals surface area contributed by atoms with Crippen molar-refractivity contribution in [3.8, 4) is 0 Å². The minimum absolute atomic E-state index is 0.0542. The van der Waals surface area contributed by atoms with Crippen LogP contribution in [0.3, 0.4) is 0 Å². The molecule has 0 bridgehead atoms. The Morgan fingerprint density at radius 2 is 1.71 bits per heavy atom. The summed E-state index contributed by atoms with van der Waals surface area (Å²) in [5, 5.41) is 16.2. The molecule has 0 heterocycles. The van der Waals surface area contributed by atoms with Gasteiger partial charge in [0.15, 0.2) is 0 Å². The Kier molecular flexibility index (Phi) is 6.73. The zero-order valence-corrected chi connectivity index (χ0v) is 11.8. The van der Waals surface area contributed by atoms with E-state index >= 15 is 0 Å². The number of carboxylic acid groups (broad SMARTS) is 1. The van der Waals surface area contributed by atoms with E-state index in [1.807, 2.05) is 6.92 Å². The third-order valence-corrected chi connectivity index (χ3v) is 2.56. The van der Waals surface area contributed by atoms with Crippen LogP contribution in [0, 0.1) is 0 Å². The highest BCUT2D eigenvalue weighted by molar-refractivity contribution is 5.95. The first-order chi connectivity index (χ1) is 10.0. The first-order valence-corrected chi connectivity index (χ1v) is 6.68. The summed E-state index contributed by atoms with van der Waals surface area (Å²) in [6.45, 7) is 2.64. The Morgan fingerprint density at radius 3 is 2.29 bits per heavy atom. The first kappa shape index (κ1) is 16.5. The fourth-order valence-corrected chi connectivity index (χ4v) is 1.50. The third kappa shape index (κ3) is 6.42. The van der Waals surface area contributed by atoms with Gasteiger partial charge in [-0.15, -0.1) is 0 Å². The topological polar surface area (TPSA) is 108 Å². The molecule has 1 aromatic rings. The smallest absolute Gasteiger partial charge is 0.319 e. The maximum absolute atomic E-state index is 11.7. The lowest BCUT2D eigenvalue weighted by atomic mass is 10.2. The van der Waals surface area contributed by atoms with Gasteiger partial charge in [0.2, 0.25) is 0 Å². The van der Waals surface area contributed by atoms with Crippen LogP contribution in [0.15, 0.2) is 24.3 Å². The normalized spacial score (nSPS) is 9.76. The van der Waals surface area contributed by atoms with E-state index in [0.29, 0.717) is 17.8 Å². The van der Waals surface area contributed by atoms with Gasteiger partial charge in [-0.25, -0.2) is 4.79 Å². The maximum atomic E-state index is 11.7. The number of carbonyl (C=O) groups is 3. The van der Waals surface area contributed by atoms with E-state index < -0.39 is 12.0 Å². The van der Waals surface area contributed by atoms with Crippen LogP contribution in [0.25, 0.3) is 0 Å². The lowest BCUT2D eigenvalue weighted by Gasteiger charge is -2.08. The van der Waals surface area contributed by atoms with Crippen LogP contribution in [0.1, 0.15) is 30.1 Å². The van der Waals surface area contributed by atoms with Crippen molar-refractivity contribution >= 4 is 23.6 Å². The number of urea groups is 1. The second-order valence-electron chi connectivity index (χ2n) is 4.36. The van der Waals surface area contributed by atoms with Gasteiger partial charge in [0, 0.05) is 24.3 Å². The molecule has 0 aliphatic rings. The average Bonchev–Trinajstić information content (AvgIpc) is 2.45. The molecule has 4 N–H and O–H groups in total. The molecule has 0 unspecified atom stereocenters. The third-order valence-electron chi connectivity index (χ3n) is 2.56. The molecule has 114 valence electrons. The zero-order chi connectivity index (χ0) is 15.7. The number of aliphatic carboxylic acids is 1. The Bertz CT molecular complexity index is 499. The Hall–Kier alpha value is -2.57. The first-order valence-electron chi connectivity index (χ1n) is 6.68. The molecule has 0 spiro atoms. The van der Waals surface area contributed by atoms with Crippen molar-refractivity contribution in [2.45, 2.75) is 19.8 Å². The van der Waals surface area contributed by atoms with Gasteiger partial charge in [-0.3, -0.25) is 9.59 Å². The Balaban J connectivity index is 2.45. The van der Waals surface area contributed by atoms with Crippen molar-refractivity contribution in [3.05, 3.63) is 29.8 Å². The summed E-state index contributed by atoms with van der Waals surface area (Å²) >= 11 is 0. The van der Waals surface area contributed by atoms with Crippen molar-refractivity contribution in [3.63, 3.8) is 0 Å². The summed E-state index contributed by atoms with van der Waals surface area (Å²) < 4.78 is 0. The van der Waals surface area contributed by atoms with E-state index in [-0.39, 0.29) is 18.9 Å². The van der Waals surface area contributed by atoms with E-state index in [2.05, 4.69) is 16.0 Å². The number of anilines is 1. The van der Waals surface area contributed by atoms with Crippen molar-refractivity contribution in [1.29, 1.82) is 0 Å². The minimum Gasteiger partial charge on any atom is -0.481 e. The fraction of sp³-hybridized carbons (Fsp3) is 0.357. The predicted octanol–water partition coefficient (Wildman–Crippen LogP) is 1.42. The average molecular weight is 293 g/mol. The Morgan fingerprint density at radius 1 is 1.05 bits per heavy atom. The molecule has 0 radical (unpaired) electrons. The number of amides is 3. The maximum Gasteiger partial charge on any atom is 0.319 e. The highest BCUT2D eigenvalue weighted by Gasteiger charge is 2.06. The quantitative estimate of drug-likeness (QED) is 0.609. The standard InChI is InChI=1S/C14H19N3O4/c1-2-8-15-13(20)10-3-5-11(6-4-10)17-14(21)16-9-7-12(18)19/h3-6H,2,7-9H2,1H3,(H,15,20)(H,18,19)(H2,16,17,21). The van der Waals surface area contributed by atoms with Crippen LogP contribution in [0.4, 0.5) is 10.5 Å². The van der Waals surface area contributed by atoms with Crippen molar-refractivity contribution in [1.82, 2.24) is 10.6 Å². The summed E-state index contributed by atoms with van der Waals surface area (Å²) in [6, 6.07) is 5.95. The lowest BCUT2D eigenvalue weighted by Crippen LogP contribution is -2.30. The minimum atomic E-state index is -0.974. The molecule has 0 saturated carbocycles. The van der Waals surface area contributed by atoms with Crippen LogP contribution in [0.5, 0.6) is 0 Å². The summed E-state index contributed by atoms with van der Waals surface area (Å²) in [5.74, 6) is -1.13. The van der Waals surface area contributed by atoms with Crippen LogP contribution >= 0.6 is 0 Å². The highest BCUT2D eigenvalue weighted by atomic mass is 16.4. The zero-order valence-electron chi connectivity index (χ0n) is 11.8. The number of nitrogens with one attached hydrogen (secondary N) is 3. The second-order valence-corrected chi connectivity index (χ2v) is 4.36. The molecule has 0 aromatic heterocycles. The summed E-state index contributed by atoms with van der Waals surface area (Å²) in [4.78, 5) is 33.4. The van der Waals surface area contributed by atoms with Crippen LogP contribution in [-0.4, -0.2) is 36.1 Å². The van der Waals surface area contributed by atoms with Gasteiger partial charge in [0.1, 0.15) is 0 Å². The number of carbonyl (C=O) groups excluding carboxylic acids is 2. The molecule has 3 amide bonds. The summed E-state index contributed by atoms with van der Waals surface area (Å²) in [6.07, 6.45) is 0.728. The number of hydrogen-bond acceptors (Lipinski definition) is 3. The summed E-state index contributed by atoms with van der Waals surface area (Å²) in [5.41, 5.74) is 1.04. The van der Waals surface area contributed by atoms with Crippen molar-refractivity contribution in [2.75, 3.05) is 18.4 Å². The molecule has 0 aliphatic carbocycles. The molecule has 0 atom stereocenters. The van der Waals surface area contributed by atoms with Gasteiger partial charge in [0.25, 0.3) is 5.91 Å². The van der Waals surface area contributed by atoms with Gasteiger partial charge in [-0.1, -0.05) is 6.92 Å². The van der Waals surface area contributed by atoms with Gasteiger partial charge < -0.3 is 21.1 Å². The Labute approximate surface area is 122 Å². The second kappa shape index (κ2) is 8.57. The van der Waals surface area contributed by atoms with Crippen molar-refractivity contribution < 1.29 is 19.5 Å². The molecule has 0 aliphatic heterocycles. The van der Waals surface area contributed by atoms with E-state index in [1.54, 1.807) is 24.3 Å². The van der Waals surface area contributed by atoms with Gasteiger partial charge >= 0.3 is 12.0 Å². The van der Waals surface area contributed by atoms with Crippen LogP contribution in [-0.2, 0) is 4.79 Å². The number of hydrogen-bond donors (Lipinski definition) is 4. The number of rotatable bonds is 7. The van der Waals surface area contributed by atoms with Gasteiger partial charge in [0.05, 0.1) is 6.42 Å². The fourth-order valence-electron chi connectivity index (χ4n) is 1.50.